The van der Waals surface area contributed by atoms with Crippen molar-refractivity contribution in [1.29, 1.82) is 0 Å². The van der Waals surface area contributed by atoms with E-state index in [1.54, 1.807) is 0 Å². The first-order valence-electron chi connectivity index (χ1n) is 18.9. The number of nitrogens with zero attached hydrogens (tertiary/aromatic N) is 1. The molecule has 1 heteroatoms. The fourth-order valence-electron chi connectivity index (χ4n) is 8.10. The SMILES string of the molecule is c1ccc(-c2ccc3ccccc3c2-c2ccc(N(c3ccc(-c4ccc(-c5cccc6ccccc56)cc4)cc3)c3ccc4ccccc4c3)cc2)cc1. The van der Waals surface area contributed by atoms with Crippen LogP contribution in [-0.2, 0) is 0 Å². The summed E-state index contributed by atoms with van der Waals surface area (Å²) in [7, 11) is 0. The number of hydrogen-bond donors (Lipinski definition) is 0. The molecule has 0 aliphatic rings. The molecule has 0 atom stereocenters. The summed E-state index contributed by atoms with van der Waals surface area (Å²) in [5, 5.41) is 7.47. The smallest absolute Gasteiger partial charge is 0.0468 e. The Labute approximate surface area is 322 Å². The minimum atomic E-state index is 1.10. The van der Waals surface area contributed by atoms with Gasteiger partial charge in [-0.15, -0.1) is 0 Å². The van der Waals surface area contributed by atoms with E-state index in [1.165, 1.54) is 76.8 Å². The third kappa shape index (κ3) is 6.12. The Balaban J connectivity index is 1.03. The largest absolute Gasteiger partial charge is 0.310 e. The van der Waals surface area contributed by atoms with E-state index in [-0.39, 0.29) is 0 Å². The summed E-state index contributed by atoms with van der Waals surface area (Å²) in [6.45, 7) is 0. The zero-order valence-corrected chi connectivity index (χ0v) is 30.3. The van der Waals surface area contributed by atoms with Gasteiger partial charge in [-0.25, -0.2) is 0 Å². The maximum Gasteiger partial charge on any atom is 0.0468 e. The van der Waals surface area contributed by atoms with Crippen LogP contribution in [0.4, 0.5) is 17.1 Å². The molecule has 1 nitrogen and oxygen atoms in total. The first kappa shape index (κ1) is 32.4. The lowest BCUT2D eigenvalue weighted by molar-refractivity contribution is 1.29. The van der Waals surface area contributed by atoms with E-state index >= 15 is 0 Å². The van der Waals surface area contributed by atoms with E-state index in [9.17, 15) is 0 Å². The zero-order valence-electron chi connectivity index (χ0n) is 30.3. The number of anilines is 3. The van der Waals surface area contributed by atoms with E-state index < -0.39 is 0 Å². The van der Waals surface area contributed by atoms with Crippen molar-refractivity contribution in [3.05, 3.63) is 224 Å². The Morgan fingerprint density at radius 2 is 0.709 bits per heavy atom. The number of hydrogen-bond acceptors (Lipinski definition) is 1. The fraction of sp³-hybridized carbons (Fsp3) is 0. The van der Waals surface area contributed by atoms with Gasteiger partial charge >= 0.3 is 0 Å². The van der Waals surface area contributed by atoms with Crippen molar-refractivity contribution < 1.29 is 0 Å². The molecule has 0 saturated heterocycles. The van der Waals surface area contributed by atoms with Crippen LogP contribution in [0.15, 0.2) is 224 Å². The van der Waals surface area contributed by atoms with Gasteiger partial charge in [0.1, 0.15) is 0 Å². The van der Waals surface area contributed by atoms with Crippen LogP contribution < -0.4 is 4.90 Å². The van der Waals surface area contributed by atoms with Crippen molar-refractivity contribution in [2.24, 2.45) is 0 Å². The van der Waals surface area contributed by atoms with Gasteiger partial charge in [0.2, 0.25) is 0 Å². The summed E-state index contributed by atoms with van der Waals surface area (Å²) in [6.07, 6.45) is 0. The molecule has 0 saturated carbocycles. The lowest BCUT2D eigenvalue weighted by Crippen LogP contribution is -2.09. The van der Waals surface area contributed by atoms with Crippen molar-refractivity contribution in [1.82, 2.24) is 0 Å². The summed E-state index contributed by atoms with van der Waals surface area (Å²) in [5.41, 5.74) is 13.1. The van der Waals surface area contributed by atoms with Crippen LogP contribution in [0.2, 0.25) is 0 Å². The number of benzene rings is 10. The number of rotatable bonds is 7. The Morgan fingerprint density at radius 3 is 1.42 bits per heavy atom. The third-order valence-corrected chi connectivity index (χ3v) is 10.9. The van der Waals surface area contributed by atoms with Gasteiger partial charge in [0.15, 0.2) is 0 Å². The quantitative estimate of drug-likeness (QED) is 0.160. The third-order valence-electron chi connectivity index (χ3n) is 10.9. The molecule has 10 aromatic rings. The standard InChI is InChI=1S/C54H37N/c1-2-12-42(13-3-1)53-36-30-43-15-7-9-19-52(43)54(53)45-28-33-48(34-29-45)55(49-35-27-38-11-4-5-16-46(38)37-49)47-31-25-40(26-32-47)39-21-23-44(24-22-39)51-20-10-17-41-14-6-8-18-50(41)51/h1-37H. The van der Waals surface area contributed by atoms with E-state index in [2.05, 4.69) is 229 Å². The highest BCUT2D eigenvalue weighted by Gasteiger charge is 2.16. The van der Waals surface area contributed by atoms with E-state index in [1.807, 2.05) is 0 Å². The molecule has 0 radical (unpaired) electrons. The molecule has 0 N–H and O–H groups in total. The van der Waals surface area contributed by atoms with Gasteiger partial charge in [0.25, 0.3) is 0 Å². The molecule has 0 spiro atoms. The van der Waals surface area contributed by atoms with Crippen molar-refractivity contribution in [3.8, 4) is 44.5 Å². The van der Waals surface area contributed by atoms with Crippen molar-refractivity contribution in [3.63, 3.8) is 0 Å². The average Bonchev–Trinajstić information content (AvgIpc) is 3.27. The molecule has 0 unspecified atom stereocenters. The van der Waals surface area contributed by atoms with Crippen molar-refractivity contribution >= 4 is 49.4 Å². The Kier molecular flexibility index (Phi) is 8.24. The van der Waals surface area contributed by atoms with Gasteiger partial charge in [-0.3, -0.25) is 0 Å². The second-order valence-corrected chi connectivity index (χ2v) is 14.1. The average molecular weight is 700 g/mol. The van der Waals surface area contributed by atoms with Crippen molar-refractivity contribution in [2.45, 2.75) is 0 Å². The minimum absolute atomic E-state index is 1.10. The molecule has 10 aromatic carbocycles. The lowest BCUT2D eigenvalue weighted by Gasteiger charge is -2.26. The van der Waals surface area contributed by atoms with E-state index in [0.29, 0.717) is 0 Å². The van der Waals surface area contributed by atoms with Gasteiger partial charge in [0.05, 0.1) is 0 Å². The summed E-state index contributed by atoms with van der Waals surface area (Å²) in [4.78, 5) is 2.37. The second kappa shape index (κ2) is 14.0. The Hall–Kier alpha value is -7.22. The normalized spacial score (nSPS) is 11.3. The molecule has 258 valence electrons. The molecule has 0 heterocycles. The van der Waals surface area contributed by atoms with Crippen LogP contribution in [0.5, 0.6) is 0 Å². The van der Waals surface area contributed by atoms with Crippen LogP contribution in [0.1, 0.15) is 0 Å². The molecule has 0 amide bonds. The molecule has 0 bridgehead atoms. The van der Waals surface area contributed by atoms with Crippen LogP contribution in [0.3, 0.4) is 0 Å². The van der Waals surface area contributed by atoms with Crippen LogP contribution >= 0.6 is 0 Å². The van der Waals surface area contributed by atoms with Gasteiger partial charge in [-0.1, -0.05) is 188 Å². The predicted octanol–water partition coefficient (Wildman–Crippen LogP) is 15.3. The molecule has 10 rings (SSSR count). The summed E-state index contributed by atoms with van der Waals surface area (Å²) < 4.78 is 0. The van der Waals surface area contributed by atoms with E-state index in [0.717, 1.165) is 17.1 Å². The van der Waals surface area contributed by atoms with Gasteiger partial charge < -0.3 is 4.90 Å². The molecule has 55 heavy (non-hydrogen) atoms. The van der Waals surface area contributed by atoms with Gasteiger partial charge in [-0.05, 0) is 113 Å². The fourth-order valence-corrected chi connectivity index (χ4v) is 8.10. The topological polar surface area (TPSA) is 3.24 Å². The maximum absolute atomic E-state index is 2.37. The van der Waals surface area contributed by atoms with E-state index in [4.69, 9.17) is 0 Å². The lowest BCUT2D eigenvalue weighted by atomic mass is 9.89. The molecular weight excluding hydrogens is 663 g/mol. The van der Waals surface area contributed by atoms with Gasteiger partial charge in [-0.2, -0.15) is 0 Å². The predicted molar refractivity (Wildman–Crippen MR) is 235 cm³/mol. The van der Waals surface area contributed by atoms with Crippen LogP contribution in [-0.4, -0.2) is 0 Å². The molecule has 0 fully saturated rings. The second-order valence-electron chi connectivity index (χ2n) is 14.1. The molecular formula is C54H37N. The molecule has 0 aromatic heterocycles. The minimum Gasteiger partial charge on any atom is -0.310 e. The van der Waals surface area contributed by atoms with Crippen LogP contribution in [0.25, 0.3) is 76.8 Å². The Bertz CT molecular complexity index is 2940. The zero-order chi connectivity index (χ0) is 36.6. The molecule has 0 aliphatic carbocycles. The van der Waals surface area contributed by atoms with Crippen LogP contribution in [0, 0.1) is 0 Å². The summed E-state index contributed by atoms with van der Waals surface area (Å²) in [5.74, 6) is 0. The highest BCUT2D eigenvalue weighted by molar-refractivity contribution is 6.04. The first-order valence-corrected chi connectivity index (χ1v) is 18.9. The monoisotopic (exact) mass is 699 g/mol. The summed E-state index contributed by atoms with van der Waals surface area (Å²) >= 11 is 0. The highest BCUT2D eigenvalue weighted by atomic mass is 15.1. The molecule has 0 aliphatic heterocycles. The Morgan fingerprint density at radius 1 is 0.236 bits per heavy atom. The highest BCUT2D eigenvalue weighted by Crippen LogP contribution is 2.42. The van der Waals surface area contributed by atoms with Crippen molar-refractivity contribution in [2.75, 3.05) is 4.90 Å². The van der Waals surface area contributed by atoms with Gasteiger partial charge in [0, 0.05) is 17.1 Å². The maximum atomic E-state index is 2.37. The first-order chi connectivity index (χ1) is 27.3. The summed E-state index contributed by atoms with van der Waals surface area (Å²) in [6, 6.07) is 81.4. The number of fused-ring (bicyclic) bond motifs is 3.